The van der Waals surface area contributed by atoms with Crippen LogP contribution in [0.15, 0.2) is 95.6 Å². The van der Waals surface area contributed by atoms with E-state index in [1.165, 1.54) is 0 Å². The molecule has 3 aromatic heterocycles. The van der Waals surface area contributed by atoms with Crippen LogP contribution >= 0.6 is 0 Å². The Morgan fingerprint density at radius 1 is 0.679 bits per heavy atom. The Morgan fingerprint density at radius 2 is 1.54 bits per heavy atom. The minimum atomic E-state index is 0.789. The van der Waals surface area contributed by atoms with E-state index in [1.807, 2.05) is 54.6 Å². The number of fused-ring (bicyclic) bond motifs is 5. The minimum absolute atomic E-state index is 0.789. The van der Waals surface area contributed by atoms with Gasteiger partial charge in [0.15, 0.2) is 5.82 Å². The van der Waals surface area contributed by atoms with Crippen molar-refractivity contribution in [2.75, 3.05) is 0 Å². The second-order valence-corrected chi connectivity index (χ2v) is 6.79. The molecule has 28 heavy (non-hydrogen) atoms. The first-order valence-corrected chi connectivity index (χ1v) is 9.19. The van der Waals surface area contributed by atoms with Crippen molar-refractivity contribution in [1.29, 1.82) is 0 Å². The second-order valence-electron chi connectivity index (χ2n) is 6.79. The number of furan rings is 1. The lowest BCUT2D eigenvalue weighted by molar-refractivity contribution is 0.619. The van der Waals surface area contributed by atoms with Gasteiger partial charge in [-0.1, -0.05) is 48.5 Å². The Labute approximate surface area is 160 Å². The fourth-order valence-electron chi connectivity index (χ4n) is 3.93. The van der Waals surface area contributed by atoms with E-state index in [1.54, 1.807) is 6.26 Å². The van der Waals surface area contributed by atoms with E-state index in [4.69, 9.17) is 4.42 Å². The van der Waals surface area contributed by atoms with Crippen LogP contribution in [0.4, 0.5) is 0 Å². The molecular formula is C24H15N3O. The fraction of sp³-hybridized carbons (Fsp3) is 0. The molecule has 0 atom stereocenters. The van der Waals surface area contributed by atoms with Crippen LogP contribution in [0.2, 0.25) is 0 Å². The first-order chi connectivity index (χ1) is 13.9. The molecule has 0 bridgehead atoms. The van der Waals surface area contributed by atoms with Crippen LogP contribution in [0.3, 0.4) is 0 Å². The highest BCUT2D eigenvalue weighted by Crippen LogP contribution is 2.36. The molecule has 0 aliphatic rings. The van der Waals surface area contributed by atoms with Crippen LogP contribution in [0.1, 0.15) is 0 Å². The lowest BCUT2D eigenvalue weighted by atomic mass is 10.1. The zero-order valence-corrected chi connectivity index (χ0v) is 14.9. The third-order valence-electron chi connectivity index (χ3n) is 5.20. The molecule has 0 amide bonds. The highest BCUT2D eigenvalue weighted by molar-refractivity contribution is 6.19. The van der Waals surface area contributed by atoms with E-state index in [9.17, 15) is 0 Å². The monoisotopic (exact) mass is 361 g/mol. The van der Waals surface area contributed by atoms with Crippen molar-refractivity contribution >= 4 is 32.8 Å². The van der Waals surface area contributed by atoms with Crippen molar-refractivity contribution < 1.29 is 4.42 Å². The van der Waals surface area contributed by atoms with E-state index in [0.29, 0.717) is 0 Å². The zero-order valence-electron chi connectivity index (χ0n) is 14.9. The van der Waals surface area contributed by atoms with Crippen LogP contribution in [0.5, 0.6) is 0 Å². The number of nitrogens with zero attached hydrogens (tertiary/aromatic N) is 3. The zero-order chi connectivity index (χ0) is 18.5. The van der Waals surface area contributed by atoms with Crippen LogP contribution < -0.4 is 0 Å². The summed E-state index contributed by atoms with van der Waals surface area (Å²) in [6.07, 6.45) is 1.74. The molecule has 6 rings (SSSR count). The quantitative estimate of drug-likeness (QED) is 0.381. The molecule has 3 heterocycles. The molecule has 0 spiro atoms. The second kappa shape index (κ2) is 5.79. The number of para-hydroxylation sites is 1. The fourth-order valence-corrected chi connectivity index (χ4v) is 3.93. The van der Waals surface area contributed by atoms with Gasteiger partial charge < -0.3 is 4.42 Å². The predicted molar refractivity (Wildman–Crippen MR) is 112 cm³/mol. The van der Waals surface area contributed by atoms with Crippen molar-refractivity contribution in [1.82, 2.24) is 14.8 Å². The smallest absolute Gasteiger partial charge is 0.160 e. The van der Waals surface area contributed by atoms with Gasteiger partial charge >= 0.3 is 0 Å². The predicted octanol–water partition coefficient (Wildman–Crippen LogP) is 5.99. The van der Waals surface area contributed by atoms with Crippen LogP contribution in [-0.2, 0) is 0 Å². The first kappa shape index (κ1) is 15.2. The first-order valence-electron chi connectivity index (χ1n) is 9.19. The van der Waals surface area contributed by atoms with Gasteiger partial charge in [-0.3, -0.25) is 4.57 Å². The average Bonchev–Trinajstić information content (AvgIpc) is 3.36. The minimum Gasteiger partial charge on any atom is -0.464 e. The highest BCUT2D eigenvalue weighted by atomic mass is 16.3. The van der Waals surface area contributed by atoms with E-state index in [0.717, 1.165) is 49.9 Å². The molecule has 0 saturated carbocycles. The van der Waals surface area contributed by atoms with E-state index in [-0.39, 0.29) is 0 Å². The summed E-state index contributed by atoms with van der Waals surface area (Å²) in [5.41, 5.74) is 4.97. The van der Waals surface area contributed by atoms with Gasteiger partial charge in [0, 0.05) is 16.3 Å². The lowest BCUT2D eigenvalue weighted by Gasteiger charge is -2.07. The number of hydrogen-bond donors (Lipinski definition) is 0. The Bertz CT molecular complexity index is 1440. The van der Waals surface area contributed by atoms with Crippen molar-refractivity contribution in [3.05, 3.63) is 91.2 Å². The number of hydrogen-bond acceptors (Lipinski definition) is 3. The van der Waals surface area contributed by atoms with E-state index < -0.39 is 0 Å². The van der Waals surface area contributed by atoms with Crippen molar-refractivity contribution in [3.8, 4) is 17.1 Å². The Kier molecular flexibility index (Phi) is 3.14. The molecule has 3 aromatic carbocycles. The molecule has 6 aromatic rings. The van der Waals surface area contributed by atoms with Crippen LogP contribution in [0, 0.1) is 0 Å². The maximum atomic E-state index is 5.82. The number of rotatable bonds is 2. The maximum Gasteiger partial charge on any atom is 0.160 e. The van der Waals surface area contributed by atoms with Crippen LogP contribution in [-0.4, -0.2) is 14.8 Å². The molecule has 0 aliphatic heterocycles. The molecule has 0 radical (unpaired) electrons. The van der Waals surface area contributed by atoms with E-state index in [2.05, 4.69) is 45.1 Å². The van der Waals surface area contributed by atoms with Crippen LogP contribution in [0.25, 0.3) is 49.9 Å². The van der Waals surface area contributed by atoms with Gasteiger partial charge in [0.25, 0.3) is 0 Å². The van der Waals surface area contributed by atoms with Gasteiger partial charge in [-0.25, -0.2) is 0 Å². The molecule has 0 aliphatic carbocycles. The molecule has 0 N–H and O–H groups in total. The summed E-state index contributed by atoms with van der Waals surface area (Å²) in [4.78, 5) is 0. The summed E-state index contributed by atoms with van der Waals surface area (Å²) >= 11 is 0. The van der Waals surface area contributed by atoms with Gasteiger partial charge in [-0.05, 0) is 36.4 Å². The lowest BCUT2D eigenvalue weighted by Crippen LogP contribution is -1.99. The van der Waals surface area contributed by atoms with E-state index >= 15 is 0 Å². The van der Waals surface area contributed by atoms with Gasteiger partial charge in [-0.15, -0.1) is 10.2 Å². The third kappa shape index (κ3) is 2.12. The topological polar surface area (TPSA) is 43.9 Å². The normalized spacial score (nSPS) is 11.6. The standard InChI is InChI=1S/C24H15N3O/c1-2-6-16(7-3-1)19-11-13-22(26-25-19)27-20-9-5-4-8-18(20)23-21(27)12-10-17-14-15-28-24(17)23/h1-15H. The summed E-state index contributed by atoms with van der Waals surface area (Å²) in [6.45, 7) is 0. The maximum absolute atomic E-state index is 5.82. The van der Waals surface area contributed by atoms with Gasteiger partial charge in [0.2, 0.25) is 0 Å². The molecule has 4 heteroatoms. The third-order valence-corrected chi connectivity index (χ3v) is 5.20. The average molecular weight is 361 g/mol. The molecule has 4 nitrogen and oxygen atoms in total. The van der Waals surface area contributed by atoms with Crippen molar-refractivity contribution in [2.24, 2.45) is 0 Å². The summed E-state index contributed by atoms with van der Waals surface area (Å²) in [5.74, 6) is 0.789. The highest BCUT2D eigenvalue weighted by Gasteiger charge is 2.16. The summed E-state index contributed by atoms with van der Waals surface area (Å²) < 4.78 is 7.96. The number of aromatic nitrogens is 3. The van der Waals surface area contributed by atoms with Crippen molar-refractivity contribution in [2.45, 2.75) is 0 Å². The molecule has 0 fully saturated rings. The Morgan fingerprint density at radius 3 is 2.39 bits per heavy atom. The summed E-state index contributed by atoms with van der Waals surface area (Å²) in [6, 6.07) is 28.7. The SMILES string of the molecule is c1ccc(-c2ccc(-n3c4ccccc4c4c5occc5ccc43)nn2)cc1. The Hall–Kier alpha value is -3.92. The number of benzene rings is 3. The molecule has 0 saturated heterocycles. The molecule has 0 unspecified atom stereocenters. The summed E-state index contributed by atoms with van der Waals surface area (Å²) in [5, 5.41) is 12.4. The van der Waals surface area contributed by atoms with Gasteiger partial charge in [0.1, 0.15) is 5.58 Å². The van der Waals surface area contributed by atoms with Crippen molar-refractivity contribution in [3.63, 3.8) is 0 Å². The summed E-state index contributed by atoms with van der Waals surface area (Å²) in [7, 11) is 0. The van der Waals surface area contributed by atoms with Gasteiger partial charge in [-0.2, -0.15) is 0 Å². The molecule has 132 valence electrons. The van der Waals surface area contributed by atoms with Gasteiger partial charge in [0.05, 0.1) is 28.4 Å². The molecular weight excluding hydrogens is 346 g/mol. The Balaban J connectivity index is 1.63. The largest absolute Gasteiger partial charge is 0.464 e.